The minimum absolute atomic E-state index is 0.0786. The van der Waals surface area contributed by atoms with Crippen LogP contribution in [0.3, 0.4) is 0 Å². The lowest BCUT2D eigenvalue weighted by Gasteiger charge is -2.18. The number of carbonyl (C=O) groups excluding carboxylic acids is 1. The summed E-state index contributed by atoms with van der Waals surface area (Å²) >= 11 is 0. The van der Waals surface area contributed by atoms with Crippen molar-refractivity contribution in [3.63, 3.8) is 0 Å². The van der Waals surface area contributed by atoms with Gasteiger partial charge in [0.1, 0.15) is 11.5 Å². The molecule has 2 aromatic rings. The van der Waals surface area contributed by atoms with E-state index in [1.54, 1.807) is 31.2 Å². The summed E-state index contributed by atoms with van der Waals surface area (Å²) in [6.07, 6.45) is 0. The first kappa shape index (κ1) is 16.9. The van der Waals surface area contributed by atoms with Crippen LogP contribution < -0.4 is 14.4 Å². The first-order valence-corrected chi connectivity index (χ1v) is 7.66. The van der Waals surface area contributed by atoms with Gasteiger partial charge in [0.05, 0.1) is 13.7 Å². The SMILES string of the molecule is COc1ccc(N(C)C(=O)c2cccc(OCC(C)C)c2)cc1. The van der Waals surface area contributed by atoms with Crippen LogP contribution in [0.2, 0.25) is 0 Å². The molecule has 0 N–H and O–H groups in total. The van der Waals surface area contributed by atoms with Gasteiger partial charge in [0.25, 0.3) is 5.91 Å². The zero-order valence-corrected chi connectivity index (χ0v) is 14.1. The molecule has 0 aliphatic carbocycles. The summed E-state index contributed by atoms with van der Waals surface area (Å²) < 4.78 is 10.8. The molecular formula is C19H23NO3. The number of amides is 1. The molecule has 0 heterocycles. The van der Waals surface area contributed by atoms with E-state index in [9.17, 15) is 4.79 Å². The summed E-state index contributed by atoms with van der Waals surface area (Å²) in [5, 5.41) is 0. The van der Waals surface area contributed by atoms with Crippen molar-refractivity contribution in [2.24, 2.45) is 5.92 Å². The molecule has 23 heavy (non-hydrogen) atoms. The fraction of sp³-hybridized carbons (Fsp3) is 0.316. The van der Waals surface area contributed by atoms with E-state index in [1.807, 2.05) is 36.4 Å². The number of hydrogen-bond acceptors (Lipinski definition) is 3. The van der Waals surface area contributed by atoms with Crippen LogP contribution in [0, 0.1) is 5.92 Å². The molecule has 0 aliphatic rings. The van der Waals surface area contributed by atoms with Gasteiger partial charge in [-0.25, -0.2) is 0 Å². The summed E-state index contributed by atoms with van der Waals surface area (Å²) in [7, 11) is 3.37. The highest BCUT2D eigenvalue weighted by atomic mass is 16.5. The monoisotopic (exact) mass is 313 g/mol. The number of anilines is 1. The fourth-order valence-corrected chi connectivity index (χ4v) is 2.10. The fourth-order valence-electron chi connectivity index (χ4n) is 2.10. The Bertz CT molecular complexity index is 650. The largest absolute Gasteiger partial charge is 0.497 e. The second-order valence-electron chi connectivity index (χ2n) is 5.79. The standard InChI is InChI=1S/C19H23NO3/c1-14(2)13-23-18-7-5-6-15(12-18)19(21)20(3)16-8-10-17(22-4)11-9-16/h5-12,14H,13H2,1-4H3. The maximum absolute atomic E-state index is 12.6. The van der Waals surface area contributed by atoms with Gasteiger partial charge in [0.15, 0.2) is 0 Å². The molecule has 2 aromatic carbocycles. The van der Waals surface area contributed by atoms with Gasteiger partial charge in [-0.3, -0.25) is 4.79 Å². The number of ether oxygens (including phenoxy) is 2. The highest BCUT2D eigenvalue weighted by Crippen LogP contribution is 2.21. The van der Waals surface area contributed by atoms with Crippen LogP contribution >= 0.6 is 0 Å². The predicted octanol–water partition coefficient (Wildman–Crippen LogP) is 4.01. The Hall–Kier alpha value is -2.49. The van der Waals surface area contributed by atoms with Gasteiger partial charge < -0.3 is 14.4 Å². The maximum Gasteiger partial charge on any atom is 0.258 e. The molecule has 4 heteroatoms. The maximum atomic E-state index is 12.6. The average Bonchev–Trinajstić information content (AvgIpc) is 2.59. The molecule has 1 amide bonds. The third kappa shape index (κ3) is 4.49. The quantitative estimate of drug-likeness (QED) is 0.809. The summed E-state index contributed by atoms with van der Waals surface area (Å²) in [4.78, 5) is 14.2. The molecule has 0 saturated heterocycles. The first-order valence-electron chi connectivity index (χ1n) is 7.66. The van der Waals surface area contributed by atoms with E-state index in [1.165, 1.54) is 0 Å². The Labute approximate surface area is 137 Å². The lowest BCUT2D eigenvalue weighted by atomic mass is 10.1. The van der Waals surface area contributed by atoms with Gasteiger partial charge >= 0.3 is 0 Å². The Morgan fingerprint density at radius 2 is 1.78 bits per heavy atom. The van der Waals surface area contributed by atoms with Crippen LogP contribution in [0.1, 0.15) is 24.2 Å². The van der Waals surface area contributed by atoms with Crippen LogP contribution in [0.4, 0.5) is 5.69 Å². The van der Waals surface area contributed by atoms with Gasteiger partial charge in [-0.2, -0.15) is 0 Å². The predicted molar refractivity (Wildman–Crippen MR) is 92.5 cm³/mol. The Morgan fingerprint density at radius 1 is 1.09 bits per heavy atom. The minimum Gasteiger partial charge on any atom is -0.497 e. The highest BCUT2D eigenvalue weighted by Gasteiger charge is 2.14. The van der Waals surface area contributed by atoms with Gasteiger partial charge in [-0.1, -0.05) is 19.9 Å². The summed E-state index contributed by atoms with van der Waals surface area (Å²) in [6, 6.07) is 14.7. The Balaban J connectivity index is 2.13. The van der Waals surface area contributed by atoms with Crippen molar-refractivity contribution in [2.75, 3.05) is 25.7 Å². The molecule has 0 atom stereocenters. The number of rotatable bonds is 6. The van der Waals surface area contributed by atoms with E-state index < -0.39 is 0 Å². The van der Waals surface area contributed by atoms with Crippen molar-refractivity contribution >= 4 is 11.6 Å². The molecule has 4 nitrogen and oxygen atoms in total. The lowest BCUT2D eigenvalue weighted by molar-refractivity contribution is 0.0992. The Kier molecular flexibility index (Phi) is 5.63. The third-order valence-corrected chi connectivity index (χ3v) is 3.43. The van der Waals surface area contributed by atoms with E-state index >= 15 is 0 Å². The summed E-state index contributed by atoms with van der Waals surface area (Å²) in [5.41, 5.74) is 1.41. The molecule has 0 unspecified atom stereocenters. The van der Waals surface area contributed by atoms with Crippen molar-refractivity contribution in [3.8, 4) is 11.5 Å². The number of nitrogens with zero attached hydrogens (tertiary/aromatic N) is 1. The summed E-state index contributed by atoms with van der Waals surface area (Å²) in [5.74, 6) is 1.84. The molecule has 0 spiro atoms. The van der Waals surface area contributed by atoms with Gasteiger partial charge in [0, 0.05) is 18.3 Å². The second kappa shape index (κ2) is 7.68. The lowest BCUT2D eigenvalue weighted by Crippen LogP contribution is -2.26. The molecule has 0 radical (unpaired) electrons. The zero-order valence-electron chi connectivity index (χ0n) is 14.1. The van der Waals surface area contributed by atoms with E-state index in [2.05, 4.69) is 13.8 Å². The molecule has 0 bridgehead atoms. The van der Waals surface area contributed by atoms with Crippen molar-refractivity contribution < 1.29 is 14.3 Å². The Morgan fingerprint density at radius 3 is 2.39 bits per heavy atom. The average molecular weight is 313 g/mol. The number of hydrogen-bond donors (Lipinski definition) is 0. The molecule has 122 valence electrons. The third-order valence-electron chi connectivity index (χ3n) is 3.43. The van der Waals surface area contributed by atoms with Crippen LogP contribution in [0.5, 0.6) is 11.5 Å². The van der Waals surface area contributed by atoms with Crippen LogP contribution in [0.25, 0.3) is 0 Å². The number of methoxy groups -OCH3 is 1. The van der Waals surface area contributed by atoms with Crippen molar-refractivity contribution in [1.29, 1.82) is 0 Å². The van der Waals surface area contributed by atoms with Crippen LogP contribution in [-0.2, 0) is 0 Å². The summed E-state index contributed by atoms with van der Waals surface area (Å²) in [6.45, 7) is 4.81. The normalized spacial score (nSPS) is 10.5. The van der Waals surface area contributed by atoms with Crippen LogP contribution in [-0.4, -0.2) is 26.7 Å². The van der Waals surface area contributed by atoms with E-state index in [0.717, 1.165) is 11.4 Å². The van der Waals surface area contributed by atoms with Gasteiger partial charge in [-0.05, 0) is 48.4 Å². The van der Waals surface area contributed by atoms with Crippen molar-refractivity contribution in [3.05, 3.63) is 54.1 Å². The minimum atomic E-state index is -0.0786. The first-order chi connectivity index (χ1) is 11.0. The van der Waals surface area contributed by atoms with E-state index in [4.69, 9.17) is 9.47 Å². The van der Waals surface area contributed by atoms with E-state index in [0.29, 0.717) is 23.8 Å². The highest BCUT2D eigenvalue weighted by molar-refractivity contribution is 6.05. The molecule has 0 saturated carbocycles. The molecule has 2 rings (SSSR count). The zero-order chi connectivity index (χ0) is 16.8. The number of benzene rings is 2. The topological polar surface area (TPSA) is 38.8 Å². The molecular weight excluding hydrogens is 290 g/mol. The molecule has 0 aliphatic heterocycles. The second-order valence-corrected chi connectivity index (χ2v) is 5.79. The van der Waals surface area contributed by atoms with Gasteiger partial charge in [0.2, 0.25) is 0 Å². The molecule has 0 aromatic heterocycles. The van der Waals surface area contributed by atoms with Crippen molar-refractivity contribution in [2.45, 2.75) is 13.8 Å². The number of carbonyl (C=O) groups is 1. The molecule has 0 fully saturated rings. The smallest absolute Gasteiger partial charge is 0.258 e. The van der Waals surface area contributed by atoms with Gasteiger partial charge in [-0.15, -0.1) is 0 Å². The van der Waals surface area contributed by atoms with E-state index in [-0.39, 0.29) is 5.91 Å². The van der Waals surface area contributed by atoms with Crippen molar-refractivity contribution in [1.82, 2.24) is 0 Å². The van der Waals surface area contributed by atoms with Crippen LogP contribution in [0.15, 0.2) is 48.5 Å².